The lowest BCUT2D eigenvalue weighted by atomic mass is 9.99. The Kier molecular flexibility index (Phi) is 5.98. The van der Waals surface area contributed by atoms with Gasteiger partial charge in [-0.3, -0.25) is 9.36 Å². The Morgan fingerprint density at radius 1 is 1.13 bits per heavy atom. The predicted octanol–water partition coefficient (Wildman–Crippen LogP) is 5.99. The molecule has 12 heteroatoms. The van der Waals surface area contributed by atoms with Crippen molar-refractivity contribution in [1.82, 2.24) is 19.1 Å². The molecular formula is C27H21F2N5O4S. The van der Waals surface area contributed by atoms with E-state index < -0.39 is 23.6 Å². The summed E-state index contributed by atoms with van der Waals surface area (Å²) >= 11 is 0.992. The van der Waals surface area contributed by atoms with Crippen molar-refractivity contribution in [2.45, 2.75) is 39.2 Å². The van der Waals surface area contributed by atoms with Crippen LogP contribution in [0.25, 0.3) is 27.2 Å². The Morgan fingerprint density at radius 3 is 2.64 bits per heavy atom. The van der Waals surface area contributed by atoms with E-state index in [1.165, 1.54) is 17.0 Å². The number of imidazole rings is 1. The third kappa shape index (κ3) is 4.16. The van der Waals surface area contributed by atoms with Crippen LogP contribution in [0.2, 0.25) is 0 Å². The van der Waals surface area contributed by atoms with Gasteiger partial charge >= 0.3 is 5.97 Å². The highest BCUT2D eigenvalue weighted by Crippen LogP contribution is 2.40. The van der Waals surface area contributed by atoms with Crippen LogP contribution in [0.1, 0.15) is 53.1 Å². The molecule has 1 N–H and O–H groups in total. The maximum absolute atomic E-state index is 14.2. The van der Waals surface area contributed by atoms with E-state index in [1.54, 1.807) is 4.57 Å². The molecule has 1 aliphatic heterocycles. The molecule has 198 valence electrons. The molecule has 6 rings (SSSR count). The van der Waals surface area contributed by atoms with Gasteiger partial charge in [0, 0.05) is 29.8 Å². The van der Waals surface area contributed by atoms with Crippen LogP contribution in [-0.4, -0.2) is 36.1 Å². The fourth-order valence-corrected chi connectivity index (χ4v) is 5.91. The molecule has 0 spiro atoms. The summed E-state index contributed by atoms with van der Waals surface area (Å²) in [6, 6.07) is 9.83. The van der Waals surface area contributed by atoms with Crippen molar-refractivity contribution in [2.75, 3.05) is 4.90 Å². The summed E-state index contributed by atoms with van der Waals surface area (Å²) < 4.78 is 39.1. The van der Waals surface area contributed by atoms with Crippen LogP contribution >= 0.6 is 11.5 Å². The number of piperidine rings is 1. The number of carboxylic acid groups (broad SMARTS) is 1. The van der Waals surface area contributed by atoms with Crippen molar-refractivity contribution >= 4 is 40.1 Å². The molecule has 0 saturated carbocycles. The Balaban J connectivity index is 1.57. The number of carboxylic acids is 1. The number of carbonyl (C=O) groups excluding carboxylic acids is 1. The number of halogens is 2. The summed E-state index contributed by atoms with van der Waals surface area (Å²) in [5.41, 5.74) is 3.77. The smallest absolute Gasteiger partial charge is 0.355 e. The molecule has 0 aliphatic carbocycles. The minimum absolute atomic E-state index is 0.118. The summed E-state index contributed by atoms with van der Waals surface area (Å²) in [6.45, 7) is 3.67. The van der Waals surface area contributed by atoms with E-state index in [0.717, 1.165) is 40.5 Å². The first kappa shape index (κ1) is 24.9. The maximum atomic E-state index is 14.2. The normalized spacial score (nSPS) is 15.8. The molecule has 4 heterocycles. The van der Waals surface area contributed by atoms with Gasteiger partial charge in [-0.05, 0) is 68.1 Å². The number of nitrogens with zero attached hydrogens (tertiary/aromatic N) is 5. The van der Waals surface area contributed by atoms with Crippen LogP contribution < -0.4 is 4.90 Å². The number of rotatable bonds is 5. The molecule has 39 heavy (non-hydrogen) atoms. The highest BCUT2D eigenvalue weighted by Gasteiger charge is 2.35. The molecule has 1 amide bonds. The van der Waals surface area contributed by atoms with Gasteiger partial charge in [-0.25, -0.2) is 18.6 Å². The molecule has 0 bridgehead atoms. The molecule has 1 saturated heterocycles. The van der Waals surface area contributed by atoms with Crippen LogP contribution in [0, 0.1) is 25.5 Å². The fourth-order valence-electron chi connectivity index (χ4n) is 5.15. The SMILES string of the molecule is Cc1noc(C)c1-c1ccc2c(c1)nc([C@@H]1CCCC(=O)N1c1ccc(F)c(F)c1)n2-c1cc(C(=O)O)ns1. The van der Waals surface area contributed by atoms with E-state index in [2.05, 4.69) is 9.53 Å². The number of carbonyl (C=O) groups is 2. The van der Waals surface area contributed by atoms with Crippen LogP contribution in [0.4, 0.5) is 14.5 Å². The number of hydrogen-bond acceptors (Lipinski definition) is 7. The highest BCUT2D eigenvalue weighted by molar-refractivity contribution is 7.08. The van der Waals surface area contributed by atoms with Crippen LogP contribution in [-0.2, 0) is 4.79 Å². The molecule has 0 radical (unpaired) electrons. The zero-order valence-corrected chi connectivity index (χ0v) is 21.6. The third-order valence-electron chi connectivity index (χ3n) is 6.87. The number of hydrogen-bond donors (Lipinski definition) is 1. The van der Waals surface area contributed by atoms with Crippen LogP contribution in [0.5, 0.6) is 0 Å². The van der Waals surface area contributed by atoms with Crippen molar-refractivity contribution in [1.29, 1.82) is 0 Å². The Hall–Kier alpha value is -4.45. The molecule has 9 nitrogen and oxygen atoms in total. The van der Waals surface area contributed by atoms with Gasteiger partial charge < -0.3 is 14.5 Å². The average Bonchev–Trinajstić information content (AvgIpc) is 3.62. The van der Waals surface area contributed by atoms with Gasteiger partial charge in [0.25, 0.3) is 0 Å². The minimum Gasteiger partial charge on any atom is -0.476 e. The lowest BCUT2D eigenvalue weighted by Crippen LogP contribution is -2.39. The zero-order chi connectivity index (χ0) is 27.4. The summed E-state index contributed by atoms with van der Waals surface area (Å²) in [5.74, 6) is -2.37. The van der Waals surface area contributed by atoms with E-state index in [0.29, 0.717) is 40.5 Å². The first-order valence-electron chi connectivity index (χ1n) is 12.2. The summed E-state index contributed by atoms with van der Waals surface area (Å²) in [4.78, 5) is 31.2. The second-order valence-corrected chi connectivity index (χ2v) is 10.1. The van der Waals surface area contributed by atoms with E-state index in [4.69, 9.17) is 9.51 Å². The molecule has 1 atom stereocenters. The average molecular weight is 550 g/mol. The van der Waals surface area contributed by atoms with Crippen molar-refractivity contribution in [3.8, 4) is 16.1 Å². The van der Waals surface area contributed by atoms with Gasteiger partial charge in [0.1, 0.15) is 16.6 Å². The summed E-state index contributed by atoms with van der Waals surface area (Å²) in [6.07, 6.45) is 1.32. The van der Waals surface area contributed by atoms with Gasteiger partial charge in [-0.1, -0.05) is 11.2 Å². The number of aromatic nitrogens is 4. The second kappa shape index (κ2) is 9.38. The van der Waals surface area contributed by atoms with Gasteiger partial charge in [0.2, 0.25) is 5.91 Å². The molecule has 5 aromatic rings. The van der Waals surface area contributed by atoms with E-state index in [-0.39, 0.29) is 23.7 Å². The molecular weight excluding hydrogens is 528 g/mol. The lowest BCUT2D eigenvalue weighted by molar-refractivity contribution is -0.120. The molecule has 3 aromatic heterocycles. The van der Waals surface area contributed by atoms with Crippen LogP contribution in [0.15, 0.2) is 47.0 Å². The van der Waals surface area contributed by atoms with Gasteiger partial charge in [0.15, 0.2) is 17.3 Å². The van der Waals surface area contributed by atoms with Gasteiger partial charge in [-0.15, -0.1) is 0 Å². The standard InChI is InChI=1S/C27H21F2N5O4S/c1-13-25(14(2)38-31-13)15-6-9-21-19(10-15)30-26(34(21)24-12-20(27(36)37)32-39-24)22-4-3-5-23(35)33(22)16-7-8-17(28)18(29)11-16/h6-12,22H,3-5H2,1-2H3,(H,36,37)/t22-/m0/s1. The monoisotopic (exact) mass is 549 g/mol. The Morgan fingerprint density at radius 2 is 1.95 bits per heavy atom. The van der Waals surface area contributed by atoms with E-state index in [9.17, 15) is 23.5 Å². The Bertz CT molecular complexity index is 1760. The fraction of sp³-hybridized carbons (Fsp3) is 0.222. The number of aryl methyl sites for hydroxylation is 2. The maximum Gasteiger partial charge on any atom is 0.355 e. The highest BCUT2D eigenvalue weighted by atomic mass is 32.1. The first-order valence-corrected chi connectivity index (χ1v) is 12.9. The summed E-state index contributed by atoms with van der Waals surface area (Å²) in [5, 5.41) is 14.0. The van der Waals surface area contributed by atoms with E-state index in [1.807, 2.05) is 32.0 Å². The minimum atomic E-state index is -1.17. The van der Waals surface area contributed by atoms with Gasteiger partial charge in [0.05, 0.1) is 22.8 Å². The third-order valence-corrected chi connectivity index (χ3v) is 7.64. The topological polar surface area (TPSA) is 114 Å². The van der Waals surface area contributed by atoms with Crippen LogP contribution in [0.3, 0.4) is 0 Å². The van der Waals surface area contributed by atoms with Gasteiger partial charge in [-0.2, -0.15) is 4.37 Å². The first-order chi connectivity index (χ1) is 18.7. The number of amides is 1. The lowest BCUT2D eigenvalue weighted by Gasteiger charge is -2.35. The van der Waals surface area contributed by atoms with Crippen molar-refractivity contribution in [3.05, 3.63) is 77.1 Å². The quantitative estimate of drug-likeness (QED) is 0.286. The number of fused-ring (bicyclic) bond motifs is 1. The molecule has 2 aromatic carbocycles. The predicted molar refractivity (Wildman–Crippen MR) is 139 cm³/mol. The number of aromatic carboxylic acids is 1. The number of benzene rings is 2. The molecule has 1 aliphatic rings. The second-order valence-electron chi connectivity index (χ2n) is 9.33. The Labute approximate surface area is 224 Å². The zero-order valence-electron chi connectivity index (χ0n) is 20.8. The van der Waals surface area contributed by atoms with E-state index >= 15 is 0 Å². The van der Waals surface area contributed by atoms with Crippen molar-refractivity contribution < 1.29 is 28.0 Å². The molecule has 0 unspecified atom stereocenters. The number of anilines is 1. The van der Waals surface area contributed by atoms with Crippen molar-refractivity contribution in [2.24, 2.45) is 0 Å². The largest absolute Gasteiger partial charge is 0.476 e. The van der Waals surface area contributed by atoms with Crippen molar-refractivity contribution in [3.63, 3.8) is 0 Å². The summed E-state index contributed by atoms with van der Waals surface area (Å²) in [7, 11) is 0. The molecule has 1 fully saturated rings.